The fraction of sp³-hybridized carbons (Fsp3) is 0.318. The third-order valence-electron chi connectivity index (χ3n) is 5.78. The van der Waals surface area contributed by atoms with Crippen LogP contribution in [0, 0.1) is 5.82 Å². The molecule has 0 amide bonds. The van der Waals surface area contributed by atoms with Crippen LogP contribution < -0.4 is 5.32 Å². The van der Waals surface area contributed by atoms with E-state index >= 15 is 0 Å². The van der Waals surface area contributed by atoms with Crippen molar-refractivity contribution >= 4 is 21.6 Å². The lowest BCUT2D eigenvalue weighted by atomic mass is 9.94. The minimum atomic E-state index is -4.55. The predicted molar refractivity (Wildman–Crippen MR) is 118 cm³/mol. The Morgan fingerprint density at radius 2 is 1.85 bits per heavy atom. The van der Waals surface area contributed by atoms with Crippen molar-refractivity contribution in [2.45, 2.75) is 29.7 Å². The molecule has 1 saturated heterocycles. The first-order valence-corrected chi connectivity index (χ1v) is 12.1. The molecule has 0 radical (unpaired) electrons. The van der Waals surface area contributed by atoms with Gasteiger partial charge in [0.15, 0.2) is 5.03 Å². The number of nitrogens with zero attached hydrogens (tertiary/aromatic N) is 3. The molecule has 1 aliphatic rings. The average molecular weight is 517 g/mol. The molecule has 6 nitrogen and oxygen atoms in total. The number of benzene rings is 2. The van der Waals surface area contributed by atoms with Crippen molar-refractivity contribution in [1.29, 1.82) is 0 Å². The summed E-state index contributed by atoms with van der Waals surface area (Å²) in [7, 11) is -2.21. The fourth-order valence-corrected chi connectivity index (χ4v) is 5.79. The van der Waals surface area contributed by atoms with Gasteiger partial charge in [0, 0.05) is 44.8 Å². The quantitative estimate of drug-likeness (QED) is 0.499. The molecule has 12 heteroatoms. The van der Waals surface area contributed by atoms with Gasteiger partial charge in [-0.2, -0.15) is 17.5 Å². The molecule has 0 saturated carbocycles. The zero-order valence-corrected chi connectivity index (χ0v) is 19.5. The van der Waals surface area contributed by atoms with Crippen molar-refractivity contribution in [1.82, 2.24) is 19.2 Å². The van der Waals surface area contributed by atoms with E-state index in [-0.39, 0.29) is 36.6 Å². The van der Waals surface area contributed by atoms with Crippen LogP contribution in [0.5, 0.6) is 0 Å². The summed E-state index contributed by atoms with van der Waals surface area (Å²) in [6.07, 6.45) is -1.75. The molecule has 2 aromatic carbocycles. The molecular weight excluding hydrogens is 496 g/mol. The van der Waals surface area contributed by atoms with Crippen LogP contribution in [-0.2, 0) is 29.8 Å². The highest BCUT2D eigenvalue weighted by molar-refractivity contribution is 7.89. The molecule has 3 aromatic rings. The molecule has 2 heterocycles. The van der Waals surface area contributed by atoms with Crippen molar-refractivity contribution < 1.29 is 26.0 Å². The topological polar surface area (TPSA) is 67.2 Å². The standard InChI is InChI=1S/C22H21ClF4N4O2S/c1-30-12-21(29-13-30)34(32,33)31-10-17(15-3-5-16(24)6-4-15)20(11-31)28-9-14-2-7-18(19(23)8-14)22(25,26)27/h2-8,12-13,17,20,28H,9-11H2,1H3. The van der Waals surface area contributed by atoms with Crippen molar-refractivity contribution in [3.8, 4) is 0 Å². The van der Waals surface area contributed by atoms with Crippen LogP contribution in [0.3, 0.4) is 0 Å². The van der Waals surface area contributed by atoms with Crippen molar-refractivity contribution in [3.05, 3.63) is 82.5 Å². The van der Waals surface area contributed by atoms with Crippen LogP contribution in [0.15, 0.2) is 60.0 Å². The molecule has 0 spiro atoms. The predicted octanol–water partition coefficient (Wildman–Crippen LogP) is 4.18. The van der Waals surface area contributed by atoms with Gasteiger partial charge in [-0.15, -0.1) is 0 Å². The molecule has 4 rings (SSSR count). The number of aromatic nitrogens is 2. The molecule has 1 fully saturated rings. The Balaban J connectivity index is 1.57. The first-order chi connectivity index (χ1) is 15.9. The largest absolute Gasteiger partial charge is 0.417 e. The zero-order valence-electron chi connectivity index (χ0n) is 17.9. The minimum absolute atomic E-state index is 0.0805. The summed E-state index contributed by atoms with van der Waals surface area (Å²) in [6.45, 7) is 0.406. The van der Waals surface area contributed by atoms with E-state index in [0.29, 0.717) is 5.56 Å². The molecule has 0 bridgehead atoms. The monoisotopic (exact) mass is 516 g/mol. The normalized spacial score (nSPS) is 19.6. The lowest BCUT2D eigenvalue weighted by molar-refractivity contribution is -0.137. The maximum Gasteiger partial charge on any atom is 0.417 e. The summed E-state index contributed by atoms with van der Waals surface area (Å²) in [5.41, 5.74) is 0.334. The Labute approximate surface area is 199 Å². The first kappa shape index (κ1) is 24.6. The van der Waals surface area contributed by atoms with Gasteiger partial charge in [0.2, 0.25) is 0 Å². The molecule has 1 N–H and O–H groups in total. The van der Waals surface area contributed by atoms with Gasteiger partial charge >= 0.3 is 6.18 Å². The van der Waals surface area contributed by atoms with Crippen molar-refractivity contribution in [2.24, 2.45) is 7.05 Å². The Hall–Kier alpha value is -2.47. The van der Waals surface area contributed by atoms with Crippen LogP contribution in [0.25, 0.3) is 0 Å². The molecular formula is C22H21ClF4N4O2S. The van der Waals surface area contributed by atoms with Gasteiger partial charge in [0.05, 0.1) is 16.9 Å². The van der Waals surface area contributed by atoms with E-state index < -0.39 is 32.6 Å². The van der Waals surface area contributed by atoms with Gasteiger partial charge in [-0.1, -0.05) is 29.8 Å². The number of hydrogen-bond donors (Lipinski definition) is 1. The number of aryl methyl sites for hydroxylation is 1. The van der Waals surface area contributed by atoms with Gasteiger partial charge in [-0.3, -0.25) is 0 Å². The molecule has 1 aliphatic heterocycles. The van der Waals surface area contributed by atoms with E-state index in [9.17, 15) is 26.0 Å². The van der Waals surface area contributed by atoms with Crippen LogP contribution >= 0.6 is 11.6 Å². The number of halogens is 5. The van der Waals surface area contributed by atoms with E-state index in [0.717, 1.165) is 11.6 Å². The molecule has 34 heavy (non-hydrogen) atoms. The second-order valence-corrected chi connectivity index (χ2v) is 10.4. The highest BCUT2D eigenvalue weighted by Gasteiger charge is 2.41. The summed E-state index contributed by atoms with van der Waals surface area (Å²) < 4.78 is 81.5. The van der Waals surface area contributed by atoms with E-state index in [4.69, 9.17) is 11.6 Å². The summed E-state index contributed by atoms with van der Waals surface area (Å²) in [4.78, 5) is 3.95. The van der Waals surface area contributed by atoms with Gasteiger partial charge < -0.3 is 9.88 Å². The third-order valence-corrected chi connectivity index (χ3v) is 7.81. The SMILES string of the molecule is Cn1cnc(S(=O)(=O)N2CC(NCc3ccc(C(F)(F)F)c(Cl)c3)C(c3ccc(F)cc3)C2)c1. The van der Waals surface area contributed by atoms with E-state index in [2.05, 4.69) is 10.3 Å². The lowest BCUT2D eigenvalue weighted by Gasteiger charge is -2.20. The van der Waals surface area contributed by atoms with Gasteiger partial charge in [-0.05, 0) is 35.4 Å². The third kappa shape index (κ3) is 5.12. The molecule has 2 unspecified atom stereocenters. The molecule has 182 valence electrons. The molecule has 0 aliphatic carbocycles. The Bertz CT molecular complexity index is 1280. The maximum atomic E-state index is 13.5. The molecule has 2 atom stereocenters. The number of sulfonamides is 1. The van der Waals surface area contributed by atoms with E-state index in [1.807, 2.05) is 0 Å². The van der Waals surface area contributed by atoms with Crippen LogP contribution in [0.1, 0.15) is 22.6 Å². The van der Waals surface area contributed by atoms with Crippen LogP contribution in [-0.4, -0.2) is 41.4 Å². The minimum Gasteiger partial charge on any atom is -0.339 e. The van der Waals surface area contributed by atoms with Crippen LogP contribution in [0.2, 0.25) is 5.02 Å². The summed E-state index contributed by atoms with van der Waals surface area (Å²) in [5, 5.41) is 2.75. The van der Waals surface area contributed by atoms with Gasteiger partial charge in [-0.25, -0.2) is 17.8 Å². The number of rotatable bonds is 6. The second-order valence-electron chi connectivity index (χ2n) is 8.16. The average Bonchev–Trinajstić information content (AvgIpc) is 3.39. The Morgan fingerprint density at radius 1 is 1.15 bits per heavy atom. The van der Waals surface area contributed by atoms with E-state index in [1.165, 1.54) is 45.7 Å². The highest BCUT2D eigenvalue weighted by atomic mass is 35.5. The highest BCUT2D eigenvalue weighted by Crippen LogP contribution is 2.35. The number of imidazole rings is 1. The Kier molecular flexibility index (Phi) is 6.74. The van der Waals surface area contributed by atoms with Gasteiger partial charge in [0.25, 0.3) is 10.0 Å². The van der Waals surface area contributed by atoms with Gasteiger partial charge in [0.1, 0.15) is 5.82 Å². The van der Waals surface area contributed by atoms with Crippen molar-refractivity contribution in [3.63, 3.8) is 0 Å². The number of nitrogens with one attached hydrogen (secondary N) is 1. The first-order valence-electron chi connectivity index (χ1n) is 10.3. The van der Waals surface area contributed by atoms with Crippen molar-refractivity contribution in [2.75, 3.05) is 13.1 Å². The Morgan fingerprint density at radius 3 is 2.44 bits per heavy atom. The number of hydrogen-bond acceptors (Lipinski definition) is 4. The lowest BCUT2D eigenvalue weighted by Crippen LogP contribution is -2.36. The summed E-state index contributed by atoms with van der Waals surface area (Å²) in [6, 6.07) is 8.90. The molecule has 1 aromatic heterocycles. The summed E-state index contributed by atoms with van der Waals surface area (Å²) in [5.74, 6) is -0.729. The summed E-state index contributed by atoms with van der Waals surface area (Å²) >= 11 is 5.82. The smallest absolute Gasteiger partial charge is 0.339 e. The number of alkyl halides is 3. The zero-order chi connectivity index (χ0) is 24.7. The maximum absolute atomic E-state index is 13.5. The van der Waals surface area contributed by atoms with Crippen LogP contribution in [0.4, 0.5) is 17.6 Å². The van der Waals surface area contributed by atoms with E-state index in [1.54, 1.807) is 19.2 Å². The fourth-order valence-electron chi connectivity index (χ4n) is 4.02. The second kappa shape index (κ2) is 9.29.